The first-order chi connectivity index (χ1) is 12.1. The number of hydrogen-bond donors (Lipinski definition) is 1. The Morgan fingerprint density at radius 2 is 2.00 bits per heavy atom. The molecule has 8 nitrogen and oxygen atoms in total. The van der Waals surface area contributed by atoms with Crippen molar-refractivity contribution >= 4 is 16.7 Å². The zero-order valence-electron chi connectivity index (χ0n) is 14.1. The van der Waals surface area contributed by atoms with Gasteiger partial charge in [0.2, 0.25) is 0 Å². The molecule has 0 fully saturated rings. The first kappa shape index (κ1) is 16.8. The molecule has 1 amide bonds. The third-order valence-corrected chi connectivity index (χ3v) is 3.91. The van der Waals surface area contributed by atoms with E-state index in [4.69, 9.17) is 4.74 Å². The summed E-state index contributed by atoms with van der Waals surface area (Å²) in [6.07, 6.45) is 1.57. The molecule has 8 heteroatoms. The van der Waals surface area contributed by atoms with Crippen molar-refractivity contribution in [3.05, 3.63) is 58.3 Å². The van der Waals surface area contributed by atoms with Crippen LogP contribution in [0.2, 0.25) is 0 Å². The predicted molar refractivity (Wildman–Crippen MR) is 92.3 cm³/mol. The lowest BCUT2D eigenvalue weighted by Gasteiger charge is -2.10. The van der Waals surface area contributed by atoms with Gasteiger partial charge in [-0.15, -0.1) is 0 Å². The van der Waals surface area contributed by atoms with Crippen LogP contribution in [0, 0.1) is 0 Å². The Hall–Kier alpha value is -3.00. The molecule has 1 N–H and O–H groups in total. The van der Waals surface area contributed by atoms with Crippen LogP contribution in [-0.2, 0) is 24.9 Å². The van der Waals surface area contributed by atoms with E-state index in [0.29, 0.717) is 29.9 Å². The SMILES string of the molecule is COCCn1nccc1C(=O)NCc1nn(C)c(=O)c2ccccc12. The van der Waals surface area contributed by atoms with Crippen molar-refractivity contribution in [2.75, 3.05) is 13.7 Å². The molecule has 0 bridgehead atoms. The molecule has 1 aromatic carbocycles. The standard InChI is InChI=1S/C17H19N5O3/c1-21-17(24)13-6-4-3-5-12(13)14(20-21)11-18-16(23)15-7-8-19-22(15)9-10-25-2/h3-8H,9-11H2,1-2H3,(H,18,23). The average molecular weight is 341 g/mol. The fraction of sp³-hybridized carbons (Fsp3) is 0.294. The molecule has 0 atom stereocenters. The second kappa shape index (κ2) is 7.27. The highest BCUT2D eigenvalue weighted by molar-refractivity contribution is 5.92. The van der Waals surface area contributed by atoms with E-state index in [0.717, 1.165) is 5.39 Å². The summed E-state index contributed by atoms with van der Waals surface area (Å²) in [5.74, 6) is -0.256. The fourth-order valence-electron chi connectivity index (χ4n) is 2.64. The molecule has 0 saturated heterocycles. The number of benzene rings is 1. The normalized spacial score (nSPS) is 11.0. The topological polar surface area (TPSA) is 91.0 Å². The van der Waals surface area contributed by atoms with Gasteiger partial charge >= 0.3 is 0 Å². The van der Waals surface area contributed by atoms with Crippen LogP contribution < -0.4 is 10.9 Å². The van der Waals surface area contributed by atoms with Gasteiger partial charge in [-0.2, -0.15) is 10.2 Å². The monoisotopic (exact) mass is 341 g/mol. The maximum Gasteiger partial charge on any atom is 0.274 e. The number of hydrogen-bond acceptors (Lipinski definition) is 5. The Labute approximate surface area is 144 Å². The number of carbonyl (C=O) groups is 1. The molecule has 0 aliphatic heterocycles. The van der Waals surface area contributed by atoms with Crippen LogP contribution in [0.25, 0.3) is 10.8 Å². The minimum absolute atomic E-state index is 0.164. The second-order valence-corrected chi connectivity index (χ2v) is 5.54. The van der Waals surface area contributed by atoms with E-state index in [1.807, 2.05) is 12.1 Å². The number of ether oxygens (including phenoxy) is 1. The number of aromatic nitrogens is 4. The van der Waals surface area contributed by atoms with Crippen LogP contribution in [0.3, 0.4) is 0 Å². The van der Waals surface area contributed by atoms with Crippen molar-refractivity contribution in [2.45, 2.75) is 13.1 Å². The van der Waals surface area contributed by atoms with E-state index >= 15 is 0 Å². The molecule has 0 spiro atoms. The fourth-order valence-corrected chi connectivity index (χ4v) is 2.64. The molecular formula is C17H19N5O3. The lowest BCUT2D eigenvalue weighted by Crippen LogP contribution is -2.29. The zero-order chi connectivity index (χ0) is 17.8. The van der Waals surface area contributed by atoms with Crippen LogP contribution in [0.5, 0.6) is 0 Å². The Morgan fingerprint density at radius 1 is 1.24 bits per heavy atom. The molecule has 0 radical (unpaired) electrons. The van der Waals surface area contributed by atoms with Gasteiger partial charge in [-0.3, -0.25) is 14.3 Å². The number of amides is 1. The first-order valence-corrected chi connectivity index (χ1v) is 7.85. The summed E-state index contributed by atoms with van der Waals surface area (Å²) in [6, 6.07) is 8.88. The van der Waals surface area contributed by atoms with E-state index in [2.05, 4.69) is 15.5 Å². The maximum atomic E-state index is 12.4. The van der Waals surface area contributed by atoms with E-state index in [1.54, 1.807) is 43.2 Å². The molecule has 3 aromatic rings. The van der Waals surface area contributed by atoms with E-state index in [1.165, 1.54) is 4.68 Å². The molecule has 0 saturated carbocycles. The molecule has 2 heterocycles. The smallest absolute Gasteiger partial charge is 0.274 e. The Kier molecular flexibility index (Phi) is 4.90. The van der Waals surface area contributed by atoms with Gasteiger partial charge < -0.3 is 10.1 Å². The van der Waals surface area contributed by atoms with Gasteiger partial charge in [0, 0.05) is 25.7 Å². The molecule has 0 unspecified atom stereocenters. The Morgan fingerprint density at radius 3 is 2.76 bits per heavy atom. The van der Waals surface area contributed by atoms with Crippen LogP contribution in [0.1, 0.15) is 16.2 Å². The van der Waals surface area contributed by atoms with Crippen molar-refractivity contribution in [3.8, 4) is 0 Å². The van der Waals surface area contributed by atoms with Gasteiger partial charge in [0.25, 0.3) is 11.5 Å². The zero-order valence-corrected chi connectivity index (χ0v) is 14.1. The summed E-state index contributed by atoms with van der Waals surface area (Å²) in [5.41, 5.74) is 0.920. The number of nitrogens with zero attached hydrogens (tertiary/aromatic N) is 4. The number of rotatable bonds is 6. The molecule has 3 rings (SSSR count). The largest absolute Gasteiger partial charge is 0.383 e. The lowest BCUT2D eigenvalue weighted by atomic mass is 10.1. The molecule has 0 aliphatic rings. The maximum absolute atomic E-state index is 12.4. The van der Waals surface area contributed by atoms with Crippen molar-refractivity contribution in [3.63, 3.8) is 0 Å². The number of carbonyl (C=O) groups excluding carboxylic acids is 1. The lowest BCUT2D eigenvalue weighted by molar-refractivity contribution is 0.0936. The highest BCUT2D eigenvalue weighted by atomic mass is 16.5. The minimum Gasteiger partial charge on any atom is -0.383 e. The van der Waals surface area contributed by atoms with Gasteiger partial charge in [0.05, 0.1) is 30.8 Å². The van der Waals surface area contributed by atoms with Crippen molar-refractivity contribution in [2.24, 2.45) is 7.05 Å². The van der Waals surface area contributed by atoms with Crippen LogP contribution in [0.4, 0.5) is 0 Å². The molecule has 130 valence electrons. The molecule has 0 aliphatic carbocycles. The number of fused-ring (bicyclic) bond motifs is 1. The predicted octanol–water partition coefficient (Wildman–Crippen LogP) is 0.706. The number of nitrogens with one attached hydrogen (secondary N) is 1. The van der Waals surface area contributed by atoms with Crippen molar-refractivity contribution < 1.29 is 9.53 Å². The third-order valence-electron chi connectivity index (χ3n) is 3.91. The highest BCUT2D eigenvalue weighted by Gasteiger charge is 2.14. The van der Waals surface area contributed by atoms with Gasteiger partial charge in [0.15, 0.2) is 0 Å². The number of aryl methyl sites for hydroxylation is 1. The van der Waals surface area contributed by atoms with Crippen LogP contribution in [-0.4, -0.2) is 39.2 Å². The Bertz CT molecular complexity index is 960. The van der Waals surface area contributed by atoms with E-state index in [-0.39, 0.29) is 18.0 Å². The quantitative estimate of drug-likeness (QED) is 0.713. The average Bonchev–Trinajstić information content (AvgIpc) is 3.10. The first-order valence-electron chi connectivity index (χ1n) is 7.85. The molecular weight excluding hydrogens is 322 g/mol. The van der Waals surface area contributed by atoms with Crippen molar-refractivity contribution in [1.82, 2.24) is 24.9 Å². The molecule has 2 aromatic heterocycles. The Balaban J connectivity index is 1.82. The van der Waals surface area contributed by atoms with Gasteiger partial charge in [0.1, 0.15) is 5.69 Å². The number of methoxy groups -OCH3 is 1. The summed E-state index contributed by atoms with van der Waals surface area (Å²) in [5, 5.41) is 12.5. The molecule has 25 heavy (non-hydrogen) atoms. The summed E-state index contributed by atoms with van der Waals surface area (Å²) in [7, 11) is 3.19. The minimum atomic E-state index is -0.256. The van der Waals surface area contributed by atoms with E-state index in [9.17, 15) is 9.59 Å². The summed E-state index contributed by atoms with van der Waals surface area (Å²) in [6.45, 7) is 1.17. The highest BCUT2D eigenvalue weighted by Crippen LogP contribution is 2.13. The summed E-state index contributed by atoms with van der Waals surface area (Å²) < 4.78 is 7.89. The van der Waals surface area contributed by atoms with Gasteiger partial charge in [-0.25, -0.2) is 4.68 Å². The van der Waals surface area contributed by atoms with Crippen LogP contribution >= 0.6 is 0 Å². The second-order valence-electron chi connectivity index (χ2n) is 5.54. The van der Waals surface area contributed by atoms with Gasteiger partial charge in [-0.05, 0) is 12.1 Å². The third kappa shape index (κ3) is 3.43. The van der Waals surface area contributed by atoms with E-state index < -0.39 is 0 Å². The summed E-state index contributed by atoms with van der Waals surface area (Å²) >= 11 is 0. The van der Waals surface area contributed by atoms with Crippen LogP contribution in [0.15, 0.2) is 41.3 Å². The summed E-state index contributed by atoms with van der Waals surface area (Å²) in [4.78, 5) is 24.6. The van der Waals surface area contributed by atoms with Crippen molar-refractivity contribution in [1.29, 1.82) is 0 Å². The van der Waals surface area contributed by atoms with Gasteiger partial charge in [-0.1, -0.05) is 18.2 Å².